The fourth-order valence-corrected chi connectivity index (χ4v) is 3.40. The van der Waals surface area contributed by atoms with Crippen LogP contribution >= 0.6 is 11.8 Å². The molecule has 5 nitrogen and oxygen atoms in total. The largest absolute Gasteiger partial charge is 1.00 e. The van der Waals surface area contributed by atoms with E-state index >= 15 is 0 Å². The van der Waals surface area contributed by atoms with Gasteiger partial charge in [0, 0.05) is 4.91 Å². The number of aliphatic carboxylic acids is 1. The number of carboxylic acids is 1. The van der Waals surface area contributed by atoms with Crippen LogP contribution in [0.4, 0.5) is 0 Å². The van der Waals surface area contributed by atoms with Crippen LogP contribution in [0.25, 0.3) is 0 Å². The van der Waals surface area contributed by atoms with E-state index in [0.717, 1.165) is 0 Å². The maximum absolute atomic E-state index is 11.6. The first kappa shape index (κ1) is 14.1. The second-order valence-corrected chi connectivity index (χ2v) is 5.01. The minimum Gasteiger partial charge on any atom is -0.543 e. The fraction of sp³-hybridized carbons (Fsp3) is 0.556. The molecule has 0 aromatic carbocycles. The fourth-order valence-electron chi connectivity index (χ4n) is 1.94. The average molecular weight is 251 g/mol. The molecule has 2 heterocycles. The van der Waals surface area contributed by atoms with Crippen LogP contribution in [0.2, 0.25) is 0 Å². The number of hydrogen-bond donors (Lipinski definition) is 1. The number of aliphatic hydroxyl groups is 1. The number of β-lactam (4-membered cyclic amide) rings is 1. The number of carbonyl (C=O) groups is 2. The minimum atomic E-state index is -1.33. The Bertz CT molecular complexity index is 382. The Morgan fingerprint density at radius 1 is 1.62 bits per heavy atom. The van der Waals surface area contributed by atoms with Crippen molar-refractivity contribution in [1.29, 1.82) is 0 Å². The number of fused-ring (bicyclic) bond motifs is 1. The van der Waals surface area contributed by atoms with E-state index < -0.39 is 18.0 Å². The van der Waals surface area contributed by atoms with Gasteiger partial charge in [-0.1, -0.05) is 0 Å². The molecule has 2 aliphatic rings. The van der Waals surface area contributed by atoms with Crippen molar-refractivity contribution in [2.45, 2.75) is 25.3 Å². The molecule has 16 heavy (non-hydrogen) atoms. The maximum atomic E-state index is 11.6. The maximum Gasteiger partial charge on any atom is 1.00 e. The molecule has 7 heteroatoms. The van der Waals surface area contributed by atoms with E-state index in [4.69, 9.17) is 0 Å². The molecule has 0 bridgehead atoms. The molecule has 0 spiro atoms. The number of allylic oxidation sites excluding steroid dienone is 1. The molecule has 2 rings (SSSR count). The summed E-state index contributed by atoms with van der Waals surface area (Å²) >= 11 is 1.30. The summed E-state index contributed by atoms with van der Waals surface area (Å²) in [6, 6.07) is 0. The van der Waals surface area contributed by atoms with Crippen molar-refractivity contribution in [1.82, 2.24) is 4.90 Å². The van der Waals surface area contributed by atoms with Crippen molar-refractivity contribution >= 4 is 23.6 Å². The van der Waals surface area contributed by atoms with Gasteiger partial charge in [0.2, 0.25) is 5.91 Å². The Morgan fingerprint density at radius 3 is 2.62 bits per heavy atom. The van der Waals surface area contributed by atoms with E-state index in [1.807, 2.05) is 0 Å². The Kier molecular flexibility index (Phi) is 4.13. The van der Waals surface area contributed by atoms with Gasteiger partial charge in [-0.25, -0.2) is 0 Å². The van der Waals surface area contributed by atoms with Crippen LogP contribution in [0.3, 0.4) is 0 Å². The molecular formula is C9H10NNaO4S. The zero-order chi connectivity index (χ0) is 11.3. The predicted molar refractivity (Wildman–Crippen MR) is 51.1 cm³/mol. The number of amides is 1. The van der Waals surface area contributed by atoms with Crippen LogP contribution in [0, 0.1) is 5.92 Å². The first-order valence-corrected chi connectivity index (χ1v) is 5.43. The van der Waals surface area contributed by atoms with Crippen molar-refractivity contribution in [3.63, 3.8) is 0 Å². The first-order chi connectivity index (χ1) is 6.95. The summed E-state index contributed by atoms with van der Waals surface area (Å²) in [5.41, 5.74) is -0.0492. The van der Waals surface area contributed by atoms with Gasteiger partial charge in [0.25, 0.3) is 0 Å². The normalized spacial score (nSPS) is 29.4. The third kappa shape index (κ3) is 1.82. The van der Waals surface area contributed by atoms with Crippen LogP contribution in [0.15, 0.2) is 10.6 Å². The van der Waals surface area contributed by atoms with Crippen molar-refractivity contribution in [3.05, 3.63) is 10.6 Å². The van der Waals surface area contributed by atoms with Crippen molar-refractivity contribution < 1.29 is 49.4 Å². The van der Waals surface area contributed by atoms with Gasteiger partial charge in [-0.3, -0.25) is 9.69 Å². The van der Waals surface area contributed by atoms with Crippen molar-refractivity contribution in [2.75, 3.05) is 0 Å². The number of rotatable bonds is 2. The van der Waals surface area contributed by atoms with E-state index in [-0.39, 0.29) is 46.5 Å². The molecule has 1 N–H and O–H groups in total. The molecule has 0 aliphatic carbocycles. The first-order valence-electron chi connectivity index (χ1n) is 4.55. The van der Waals surface area contributed by atoms with Crippen LogP contribution in [0.5, 0.6) is 0 Å². The zero-order valence-corrected chi connectivity index (χ0v) is 12.1. The average Bonchev–Trinajstić information content (AvgIpc) is 2.38. The summed E-state index contributed by atoms with van der Waals surface area (Å²) in [7, 11) is 0. The summed E-state index contributed by atoms with van der Waals surface area (Å²) < 4.78 is 0. The molecule has 3 atom stereocenters. The third-order valence-electron chi connectivity index (χ3n) is 2.67. The molecule has 1 fully saturated rings. The molecule has 0 aromatic rings. The number of hydrogen-bond acceptors (Lipinski definition) is 5. The van der Waals surface area contributed by atoms with Gasteiger partial charge >= 0.3 is 29.6 Å². The smallest absolute Gasteiger partial charge is 0.543 e. The van der Waals surface area contributed by atoms with Crippen LogP contribution < -0.4 is 34.7 Å². The van der Waals surface area contributed by atoms with Crippen LogP contribution in [0.1, 0.15) is 13.8 Å². The van der Waals surface area contributed by atoms with Gasteiger partial charge in [-0.05, 0) is 13.8 Å². The Balaban J connectivity index is 0.00000128. The Labute approximate surface area is 119 Å². The number of carbonyl (C=O) groups excluding carboxylic acids is 2. The summed E-state index contributed by atoms with van der Waals surface area (Å²) in [4.78, 5) is 24.1. The van der Waals surface area contributed by atoms with Gasteiger partial charge in [-0.15, -0.1) is 11.8 Å². The Morgan fingerprint density at radius 2 is 2.19 bits per heavy atom. The van der Waals surface area contributed by atoms with Crippen molar-refractivity contribution in [3.8, 4) is 0 Å². The number of nitrogens with zero attached hydrogens (tertiary/aromatic N) is 1. The van der Waals surface area contributed by atoms with Gasteiger partial charge in [0.05, 0.1) is 23.7 Å². The van der Waals surface area contributed by atoms with Gasteiger partial charge in [0.15, 0.2) is 0 Å². The van der Waals surface area contributed by atoms with E-state index in [2.05, 4.69) is 0 Å². The molecule has 82 valence electrons. The van der Waals surface area contributed by atoms with E-state index in [1.54, 1.807) is 6.92 Å². The van der Waals surface area contributed by atoms with Gasteiger partial charge in [0.1, 0.15) is 5.37 Å². The second kappa shape index (κ2) is 4.70. The molecule has 0 saturated carbocycles. The minimum absolute atomic E-state index is 0. The van der Waals surface area contributed by atoms with Crippen LogP contribution in [-0.2, 0) is 9.59 Å². The summed E-state index contributed by atoms with van der Waals surface area (Å²) in [5, 5.41) is 19.9. The summed E-state index contributed by atoms with van der Waals surface area (Å²) in [6.07, 6.45) is -0.750. The molecule has 0 radical (unpaired) electrons. The molecular weight excluding hydrogens is 241 g/mol. The topological polar surface area (TPSA) is 80.7 Å². The molecule has 1 saturated heterocycles. The number of carboxylic acid groups (broad SMARTS) is 1. The quantitative estimate of drug-likeness (QED) is 0.398. The van der Waals surface area contributed by atoms with Crippen LogP contribution in [-0.4, -0.2) is 33.4 Å². The van der Waals surface area contributed by atoms with E-state index in [9.17, 15) is 19.8 Å². The summed E-state index contributed by atoms with van der Waals surface area (Å²) in [5.74, 6) is -2.17. The van der Waals surface area contributed by atoms with E-state index in [0.29, 0.717) is 4.91 Å². The summed E-state index contributed by atoms with van der Waals surface area (Å²) in [6.45, 7) is 3.17. The second-order valence-electron chi connectivity index (χ2n) is 3.68. The van der Waals surface area contributed by atoms with Gasteiger partial charge < -0.3 is 15.0 Å². The van der Waals surface area contributed by atoms with Gasteiger partial charge in [-0.2, -0.15) is 0 Å². The SMILES string of the molecule is CC1=C(C(=O)[O-])N2C(=O)C(C(C)O)[C@H]2S1.[Na+]. The standard InChI is InChI=1S/C9H11NO4S.Na/c1-3(11)5-7(12)10-6(9(13)14)4(2)15-8(5)10;/h3,5,8,11H,1-2H3,(H,13,14);/q;+1/p-1/t3?,5?,8-;/m1./s1. The predicted octanol–water partition coefficient (Wildman–Crippen LogP) is -4.12. The number of aliphatic hydroxyl groups excluding tert-OH is 1. The molecule has 2 unspecified atom stereocenters. The Hall–Kier alpha value is -0.0100. The van der Waals surface area contributed by atoms with E-state index in [1.165, 1.54) is 23.6 Å². The number of thioether (sulfide) groups is 1. The van der Waals surface area contributed by atoms with Crippen molar-refractivity contribution in [2.24, 2.45) is 5.92 Å². The molecule has 2 aliphatic heterocycles. The molecule has 1 amide bonds. The monoisotopic (exact) mass is 251 g/mol. The third-order valence-corrected chi connectivity index (χ3v) is 3.96. The molecule has 0 aromatic heterocycles. The zero-order valence-electron chi connectivity index (χ0n) is 9.26.